The molecule has 1 aromatic rings. The Labute approximate surface area is 95.0 Å². The molecule has 2 N–H and O–H groups in total. The second-order valence-corrected chi connectivity index (χ2v) is 4.19. The molecule has 0 saturated heterocycles. The highest BCUT2D eigenvalue weighted by molar-refractivity contribution is 8.00. The minimum Gasteiger partial charge on any atom is -0.399 e. The fraction of sp³-hybridized carbons (Fsp3) is 0.300. The van der Waals surface area contributed by atoms with Crippen LogP contribution in [0.15, 0.2) is 23.1 Å². The van der Waals surface area contributed by atoms with Gasteiger partial charge < -0.3 is 5.73 Å². The normalized spacial score (nSPS) is 11.5. The highest BCUT2D eigenvalue weighted by Crippen LogP contribution is 2.39. The van der Waals surface area contributed by atoms with Crippen molar-refractivity contribution in [1.29, 1.82) is 0 Å². The molecule has 16 heavy (non-hydrogen) atoms. The topological polar surface area (TPSA) is 43.1 Å². The summed E-state index contributed by atoms with van der Waals surface area (Å²) in [6.45, 7) is 1.60. The molecule has 0 atom stereocenters. The van der Waals surface area contributed by atoms with Crippen LogP contribution in [0, 0.1) is 0 Å². The number of hydrogen-bond donors (Lipinski definition) is 1. The minimum atomic E-state index is -4.42. The van der Waals surface area contributed by atoms with Crippen molar-refractivity contribution >= 4 is 23.2 Å². The van der Waals surface area contributed by atoms with E-state index in [-0.39, 0.29) is 40.1 Å². The smallest absolute Gasteiger partial charge is 0.399 e. The molecular weight excluding hydrogens is 239 g/mol. The first kappa shape index (κ1) is 12.9. The molecular formula is C10H10F3NOS. The summed E-state index contributed by atoms with van der Waals surface area (Å²) in [4.78, 5) is 11.3. The van der Waals surface area contributed by atoms with Crippen LogP contribution in [0.4, 0.5) is 18.9 Å². The predicted molar refractivity (Wildman–Crippen MR) is 57.4 cm³/mol. The number of hydrogen-bond acceptors (Lipinski definition) is 3. The van der Waals surface area contributed by atoms with Gasteiger partial charge in [-0.2, -0.15) is 13.2 Å². The van der Waals surface area contributed by atoms with Crippen LogP contribution in [-0.2, 0) is 0 Å². The molecule has 0 fully saturated rings. The fourth-order valence-electron chi connectivity index (χ4n) is 1.17. The van der Waals surface area contributed by atoms with Gasteiger partial charge in [0, 0.05) is 22.6 Å². The lowest BCUT2D eigenvalue weighted by molar-refractivity contribution is -0.0328. The molecule has 0 aliphatic heterocycles. The van der Waals surface area contributed by atoms with Gasteiger partial charge in [0.25, 0.3) is 0 Å². The third kappa shape index (κ3) is 3.44. The molecule has 0 saturated carbocycles. The van der Waals surface area contributed by atoms with Gasteiger partial charge in [0.15, 0.2) is 5.78 Å². The molecule has 1 aromatic carbocycles. The van der Waals surface area contributed by atoms with Crippen molar-refractivity contribution in [3.8, 4) is 0 Å². The first-order valence-electron chi connectivity index (χ1n) is 4.52. The fourth-order valence-corrected chi connectivity index (χ4v) is 1.91. The van der Waals surface area contributed by atoms with Gasteiger partial charge in [-0.15, -0.1) is 0 Å². The molecule has 0 aromatic heterocycles. The van der Waals surface area contributed by atoms with Crippen molar-refractivity contribution in [2.24, 2.45) is 0 Å². The van der Waals surface area contributed by atoms with Gasteiger partial charge in [-0.1, -0.05) is 6.92 Å². The average Bonchev–Trinajstić information content (AvgIpc) is 2.14. The van der Waals surface area contributed by atoms with Crippen LogP contribution in [0.25, 0.3) is 0 Å². The van der Waals surface area contributed by atoms with E-state index in [1.54, 1.807) is 6.92 Å². The number of alkyl halides is 3. The van der Waals surface area contributed by atoms with Crippen LogP contribution < -0.4 is 5.73 Å². The molecule has 2 nitrogen and oxygen atoms in total. The molecule has 0 unspecified atom stereocenters. The molecule has 0 radical (unpaired) electrons. The third-order valence-corrected chi connectivity index (χ3v) is 2.64. The summed E-state index contributed by atoms with van der Waals surface area (Å²) in [6, 6.07) is 3.92. The molecule has 0 spiro atoms. The Bertz CT molecular complexity index is 404. The van der Waals surface area contributed by atoms with Gasteiger partial charge in [0.1, 0.15) is 0 Å². The summed E-state index contributed by atoms with van der Waals surface area (Å²) in [5, 5.41) is 0. The molecule has 0 aliphatic rings. The maximum Gasteiger partial charge on any atom is 0.446 e. The van der Waals surface area contributed by atoms with Gasteiger partial charge in [-0.3, -0.25) is 4.79 Å². The number of thioether (sulfide) groups is 1. The van der Waals surface area contributed by atoms with Crippen LogP contribution in [0.5, 0.6) is 0 Å². The van der Waals surface area contributed by atoms with E-state index in [1.165, 1.54) is 18.2 Å². The lowest BCUT2D eigenvalue weighted by Crippen LogP contribution is -2.05. The quantitative estimate of drug-likeness (QED) is 0.506. The molecule has 1 rings (SSSR count). The minimum absolute atomic E-state index is 0.0685. The molecule has 0 bridgehead atoms. The summed E-state index contributed by atoms with van der Waals surface area (Å²) in [5.74, 6) is -0.327. The third-order valence-electron chi connectivity index (χ3n) is 1.85. The number of benzene rings is 1. The molecule has 88 valence electrons. The van der Waals surface area contributed by atoms with Crippen molar-refractivity contribution in [3.05, 3.63) is 23.8 Å². The number of anilines is 1. The van der Waals surface area contributed by atoms with E-state index in [0.717, 1.165) is 0 Å². The Kier molecular flexibility index (Phi) is 3.85. The summed E-state index contributed by atoms with van der Waals surface area (Å²) in [5.41, 5.74) is 1.25. The number of nitrogens with two attached hydrogens (primary N) is 1. The van der Waals surface area contributed by atoms with Crippen LogP contribution in [0.3, 0.4) is 0 Å². The largest absolute Gasteiger partial charge is 0.446 e. The zero-order chi connectivity index (χ0) is 12.3. The average molecular weight is 249 g/mol. The number of nitrogen functional groups attached to an aromatic ring is 1. The summed E-state index contributed by atoms with van der Waals surface area (Å²) < 4.78 is 36.7. The highest BCUT2D eigenvalue weighted by atomic mass is 32.2. The Morgan fingerprint density at radius 3 is 2.56 bits per heavy atom. The van der Waals surface area contributed by atoms with Crippen molar-refractivity contribution in [2.75, 3.05) is 5.73 Å². The number of carbonyl (C=O) groups is 1. The van der Waals surface area contributed by atoms with E-state index in [2.05, 4.69) is 0 Å². The van der Waals surface area contributed by atoms with Gasteiger partial charge in [0.2, 0.25) is 0 Å². The lowest BCUT2D eigenvalue weighted by Gasteiger charge is -2.10. The Balaban J connectivity index is 3.13. The van der Waals surface area contributed by atoms with Crippen molar-refractivity contribution in [2.45, 2.75) is 23.7 Å². The second-order valence-electron chi connectivity index (χ2n) is 3.08. The van der Waals surface area contributed by atoms with Crippen LogP contribution >= 0.6 is 11.8 Å². The number of Topliss-reactive ketones (excluding diaryl/α,β-unsaturated/α-hetero) is 1. The van der Waals surface area contributed by atoms with E-state index in [9.17, 15) is 18.0 Å². The summed E-state index contributed by atoms with van der Waals surface area (Å²) >= 11 is -0.316. The molecule has 0 aliphatic carbocycles. The van der Waals surface area contributed by atoms with E-state index in [0.29, 0.717) is 0 Å². The maximum atomic E-state index is 12.2. The monoisotopic (exact) mass is 249 g/mol. The van der Waals surface area contributed by atoms with E-state index >= 15 is 0 Å². The van der Waals surface area contributed by atoms with Gasteiger partial charge >= 0.3 is 5.51 Å². The van der Waals surface area contributed by atoms with Crippen LogP contribution in [0.1, 0.15) is 23.7 Å². The van der Waals surface area contributed by atoms with Crippen molar-refractivity contribution < 1.29 is 18.0 Å². The molecule has 0 amide bonds. The Morgan fingerprint density at radius 1 is 1.44 bits per heavy atom. The van der Waals surface area contributed by atoms with Gasteiger partial charge in [-0.25, -0.2) is 0 Å². The van der Waals surface area contributed by atoms with Crippen molar-refractivity contribution in [3.63, 3.8) is 0 Å². The number of carbonyl (C=O) groups excluding carboxylic acids is 1. The molecule has 0 heterocycles. The number of rotatable bonds is 3. The van der Waals surface area contributed by atoms with Gasteiger partial charge in [0.05, 0.1) is 0 Å². The Hall–Kier alpha value is -1.17. The second kappa shape index (κ2) is 4.78. The van der Waals surface area contributed by atoms with Crippen LogP contribution in [-0.4, -0.2) is 11.3 Å². The van der Waals surface area contributed by atoms with E-state index in [1.807, 2.05) is 0 Å². The van der Waals surface area contributed by atoms with Crippen LogP contribution in [0.2, 0.25) is 0 Å². The lowest BCUT2D eigenvalue weighted by atomic mass is 10.1. The maximum absolute atomic E-state index is 12.2. The number of halogens is 3. The van der Waals surface area contributed by atoms with E-state index in [4.69, 9.17) is 5.73 Å². The zero-order valence-corrected chi connectivity index (χ0v) is 9.28. The Morgan fingerprint density at radius 2 is 2.06 bits per heavy atom. The first-order valence-corrected chi connectivity index (χ1v) is 5.33. The number of ketones is 1. The first-order chi connectivity index (χ1) is 7.33. The summed E-state index contributed by atoms with van der Waals surface area (Å²) in [7, 11) is 0. The molecule has 6 heteroatoms. The highest BCUT2D eigenvalue weighted by Gasteiger charge is 2.31. The van der Waals surface area contributed by atoms with Gasteiger partial charge in [-0.05, 0) is 30.0 Å². The SMILES string of the molecule is CCC(=O)c1ccc(N)cc1SC(F)(F)F. The van der Waals surface area contributed by atoms with Crippen molar-refractivity contribution in [1.82, 2.24) is 0 Å². The zero-order valence-electron chi connectivity index (χ0n) is 8.47. The van der Waals surface area contributed by atoms with E-state index < -0.39 is 5.51 Å². The predicted octanol–water partition coefficient (Wildman–Crippen LogP) is 3.47. The standard InChI is InChI=1S/C10H10F3NOS/c1-2-8(15)7-4-3-6(14)5-9(7)16-10(11,12)13/h3-5H,2,14H2,1H3. The summed E-state index contributed by atoms with van der Waals surface area (Å²) in [6.07, 6.45) is 0.162.